The zero-order valence-electron chi connectivity index (χ0n) is 17.8. The third-order valence-corrected chi connectivity index (χ3v) is 15.2. The molecule has 0 aliphatic heterocycles. The molecule has 3 unspecified atom stereocenters. The van der Waals surface area contributed by atoms with Crippen LogP contribution in [0.5, 0.6) is 0 Å². The molecule has 0 saturated heterocycles. The summed E-state index contributed by atoms with van der Waals surface area (Å²) >= 11 is 0. The smallest absolute Gasteiger partial charge is 0.193 e. The molecule has 142 valence electrons. The molecule has 0 radical (unpaired) electrons. The molecule has 0 aromatic carbocycles. The van der Waals surface area contributed by atoms with Crippen molar-refractivity contribution < 1.29 is 14.0 Å². The zero-order valence-corrected chi connectivity index (χ0v) is 19.8. The van der Waals surface area contributed by atoms with Crippen molar-refractivity contribution in [3.05, 3.63) is 11.6 Å². The van der Waals surface area contributed by atoms with E-state index in [4.69, 9.17) is 8.85 Å². The first kappa shape index (κ1) is 22.1. The summed E-state index contributed by atoms with van der Waals surface area (Å²) in [7, 11) is -3.81. The van der Waals surface area contributed by atoms with Gasteiger partial charge in [-0.25, -0.2) is 0 Å². The van der Waals surface area contributed by atoms with Crippen molar-refractivity contribution in [2.75, 3.05) is 0 Å². The van der Waals surface area contributed by atoms with Crippen molar-refractivity contribution in [3.63, 3.8) is 0 Å². The van der Waals surface area contributed by atoms with Gasteiger partial charge >= 0.3 is 0 Å². The van der Waals surface area contributed by atoms with Gasteiger partial charge in [0.25, 0.3) is 0 Å². The van der Waals surface area contributed by atoms with E-state index in [1.165, 1.54) is 0 Å². The quantitative estimate of drug-likeness (QED) is 0.513. The van der Waals surface area contributed by atoms with Crippen LogP contribution < -0.4 is 0 Å². The number of rotatable bonds is 5. The topological polar surface area (TPSA) is 38.7 Å². The van der Waals surface area contributed by atoms with Crippen LogP contribution in [0, 0.1) is 0 Å². The third kappa shape index (κ3) is 4.82. The Kier molecular flexibility index (Phi) is 6.43. The van der Waals surface area contributed by atoms with E-state index >= 15 is 0 Å². The molecule has 1 aliphatic rings. The van der Waals surface area contributed by atoms with E-state index in [1.54, 1.807) is 0 Å². The lowest BCUT2D eigenvalue weighted by Crippen LogP contribution is -2.51. The lowest BCUT2D eigenvalue weighted by molar-refractivity contribution is 0.0569. The molecule has 0 bridgehead atoms. The van der Waals surface area contributed by atoms with Crippen molar-refractivity contribution in [1.82, 2.24) is 0 Å². The maximum absolute atomic E-state index is 10.2. The summed E-state index contributed by atoms with van der Waals surface area (Å²) in [6, 6.07) is 0. The Balaban J connectivity index is 3.06. The lowest BCUT2D eigenvalue weighted by Gasteiger charge is -2.44. The summed E-state index contributed by atoms with van der Waals surface area (Å²) in [5.74, 6) is 0. The fourth-order valence-electron chi connectivity index (χ4n) is 2.42. The molecule has 3 atom stereocenters. The molecule has 5 heteroatoms. The van der Waals surface area contributed by atoms with Gasteiger partial charge in [-0.3, -0.25) is 0 Å². The van der Waals surface area contributed by atoms with Crippen molar-refractivity contribution in [1.29, 1.82) is 0 Å². The number of aliphatic hydroxyl groups excluding tert-OH is 1. The van der Waals surface area contributed by atoms with Crippen LogP contribution in [0.25, 0.3) is 0 Å². The molecule has 0 aromatic heterocycles. The van der Waals surface area contributed by atoms with Gasteiger partial charge in [-0.2, -0.15) is 0 Å². The second-order valence-corrected chi connectivity index (χ2v) is 19.8. The van der Waals surface area contributed by atoms with E-state index in [1.807, 2.05) is 6.92 Å². The van der Waals surface area contributed by atoms with E-state index in [9.17, 15) is 5.11 Å². The fourth-order valence-corrected chi connectivity index (χ4v) is 5.02. The minimum absolute atomic E-state index is 0.0321. The summed E-state index contributed by atoms with van der Waals surface area (Å²) in [6.45, 7) is 24.5. The maximum atomic E-state index is 10.2. The normalized spacial score (nSPS) is 24.9. The Hall–Kier alpha value is 0.0538. The van der Waals surface area contributed by atoms with Gasteiger partial charge in [0.1, 0.15) is 0 Å². The van der Waals surface area contributed by atoms with Crippen LogP contribution in [0.1, 0.15) is 54.9 Å². The Morgan fingerprint density at radius 3 is 1.75 bits per heavy atom. The number of hydrogen-bond acceptors (Lipinski definition) is 3. The van der Waals surface area contributed by atoms with Gasteiger partial charge in [0, 0.05) is 0 Å². The second kappa shape index (κ2) is 6.99. The maximum Gasteiger partial charge on any atom is 0.193 e. The first-order valence-corrected chi connectivity index (χ1v) is 15.0. The van der Waals surface area contributed by atoms with Gasteiger partial charge in [0.15, 0.2) is 16.6 Å². The second-order valence-electron chi connectivity index (χ2n) is 10.3. The van der Waals surface area contributed by atoms with Gasteiger partial charge in [-0.1, -0.05) is 47.6 Å². The molecule has 0 spiro atoms. The molecule has 0 fully saturated rings. The van der Waals surface area contributed by atoms with Gasteiger partial charge < -0.3 is 14.0 Å². The molecule has 0 aromatic rings. The minimum atomic E-state index is -1.94. The summed E-state index contributed by atoms with van der Waals surface area (Å²) in [6.07, 6.45) is 2.42. The molecule has 3 nitrogen and oxygen atoms in total. The van der Waals surface area contributed by atoms with Crippen molar-refractivity contribution in [2.24, 2.45) is 0 Å². The van der Waals surface area contributed by atoms with Crippen LogP contribution in [0.3, 0.4) is 0 Å². The molecule has 0 heterocycles. The Morgan fingerprint density at radius 1 is 0.958 bits per heavy atom. The average molecular weight is 373 g/mol. The summed E-state index contributed by atoms with van der Waals surface area (Å²) in [4.78, 5) is 0. The highest BCUT2D eigenvalue weighted by atomic mass is 28.4. The molecule has 24 heavy (non-hydrogen) atoms. The zero-order chi connectivity index (χ0) is 19.1. The number of aliphatic hydroxyl groups is 1. The van der Waals surface area contributed by atoms with Crippen LogP contribution in [0.15, 0.2) is 11.6 Å². The summed E-state index contributed by atoms with van der Waals surface area (Å²) < 4.78 is 13.4. The molecule has 1 N–H and O–H groups in total. The van der Waals surface area contributed by atoms with Crippen LogP contribution >= 0.6 is 0 Å². The summed E-state index contributed by atoms with van der Waals surface area (Å²) in [5, 5.41) is 10.5. The van der Waals surface area contributed by atoms with E-state index in [-0.39, 0.29) is 22.3 Å². The van der Waals surface area contributed by atoms with Gasteiger partial charge in [0.05, 0.1) is 18.3 Å². The Bertz CT molecular complexity index is 468. The van der Waals surface area contributed by atoms with Gasteiger partial charge in [-0.05, 0) is 55.2 Å². The Labute approximate surface area is 152 Å². The SMILES string of the molecule is CC(O)C1=CCC(O[Si](C)(C)C(C)(C)C)C1O[Si](C)(C)C(C)(C)C. The van der Waals surface area contributed by atoms with E-state index in [0.717, 1.165) is 12.0 Å². The minimum Gasteiger partial charge on any atom is -0.411 e. The highest BCUT2D eigenvalue weighted by molar-refractivity contribution is 6.74. The molecular weight excluding hydrogens is 332 g/mol. The van der Waals surface area contributed by atoms with Crippen molar-refractivity contribution in [3.8, 4) is 0 Å². The monoisotopic (exact) mass is 372 g/mol. The molecular formula is C19H40O3Si2. The van der Waals surface area contributed by atoms with Crippen LogP contribution in [-0.2, 0) is 8.85 Å². The van der Waals surface area contributed by atoms with E-state index < -0.39 is 22.7 Å². The van der Waals surface area contributed by atoms with E-state index in [2.05, 4.69) is 73.8 Å². The van der Waals surface area contributed by atoms with Crippen molar-refractivity contribution >= 4 is 16.6 Å². The number of hydrogen-bond donors (Lipinski definition) is 1. The highest BCUT2D eigenvalue weighted by Crippen LogP contribution is 2.43. The van der Waals surface area contributed by atoms with Crippen LogP contribution in [0.4, 0.5) is 0 Å². The molecule has 1 rings (SSSR count). The van der Waals surface area contributed by atoms with Crippen molar-refractivity contribution in [2.45, 2.75) is 109 Å². The average Bonchev–Trinajstić information content (AvgIpc) is 2.68. The third-order valence-electron chi connectivity index (χ3n) is 6.21. The predicted octanol–water partition coefficient (Wildman–Crippen LogP) is 5.48. The molecule has 1 aliphatic carbocycles. The molecule has 0 amide bonds. The van der Waals surface area contributed by atoms with Gasteiger partial charge in [-0.15, -0.1) is 0 Å². The van der Waals surface area contributed by atoms with Crippen LogP contribution in [-0.4, -0.2) is 40.1 Å². The summed E-state index contributed by atoms with van der Waals surface area (Å²) in [5.41, 5.74) is 1.00. The predicted molar refractivity (Wildman–Crippen MR) is 109 cm³/mol. The standard InChI is InChI=1S/C19H40O3Si2/c1-14(20)15-12-13-16(21-23(8,9)18(2,3)4)17(15)22-24(10,11)19(5,6)7/h12,14,16-17,20H,13H2,1-11H3. The fraction of sp³-hybridized carbons (Fsp3) is 0.895. The van der Waals surface area contributed by atoms with Gasteiger partial charge in [0.2, 0.25) is 0 Å². The first-order valence-electron chi connectivity index (χ1n) is 9.23. The largest absolute Gasteiger partial charge is 0.411 e. The van der Waals surface area contributed by atoms with Crippen LogP contribution in [0.2, 0.25) is 36.3 Å². The molecule has 0 saturated carbocycles. The lowest BCUT2D eigenvalue weighted by atomic mass is 10.1. The highest BCUT2D eigenvalue weighted by Gasteiger charge is 2.47. The Morgan fingerprint density at radius 2 is 1.38 bits per heavy atom. The first-order chi connectivity index (χ1) is 10.5. The van der Waals surface area contributed by atoms with E-state index in [0.29, 0.717) is 0 Å².